The fourth-order valence-electron chi connectivity index (χ4n) is 2.24. The van der Waals surface area contributed by atoms with Crippen molar-refractivity contribution in [2.24, 2.45) is 5.73 Å². The molecule has 0 atom stereocenters. The van der Waals surface area contributed by atoms with Gasteiger partial charge in [0.05, 0.1) is 11.7 Å². The largest absolute Gasteiger partial charge is 0.381 e. The number of ether oxygens (including phenoxy) is 1. The fraction of sp³-hybridized carbons (Fsp3) is 0.385. The summed E-state index contributed by atoms with van der Waals surface area (Å²) in [6.45, 7) is 1.06. The van der Waals surface area contributed by atoms with Gasteiger partial charge in [0.25, 0.3) is 0 Å². The summed E-state index contributed by atoms with van der Waals surface area (Å²) in [6.07, 6.45) is 2.82. The van der Waals surface area contributed by atoms with E-state index in [4.69, 9.17) is 10.5 Å². The van der Waals surface area contributed by atoms with Crippen molar-refractivity contribution in [3.05, 3.63) is 24.4 Å². The van der Waals surface area contributed by atoms with Crippen LogP contribution in [0.2, 0.25) is 0 Å². The second-order valence-corrected chi connectivity index (χ2v) is 4.89. The highest BCUT2D eigenvalue weighted by molar-refractivity contribution is 5.99. The highest BCUT2D eigenvalue weighted by Crippen LogP contribution is 2.22. The van der Waals surface area contributed by atoms with E-state index in [-0.39, 0.29) is 18.3 Å². The van der Waals surface area contributed by atoms with Gasteiger partial charge in [-0.3, -0.25) is 9.89 Å². The Morgan fingerprint density at radius 3 is 2.90 bits per heavy atom. The smallest absolute Gasteiger partial charge is 0.244 e. The van der Waals surface area contributed by atoms with Crippen molar-refractivity contribution in [1.82, 2.24) is 10.2 Å². The minimum Gasteiger partial charge on any atom is -0.381 e. The highest BCUT2D eigenvalue weighted by atomic mass is 35.5. The van der Waals surface area contributed by atoms with Gasteiger partial charge in [0.1, 0.15) is 5.54 Å². The third-order valence-electron chi connectivity index (χ3n) is 3.54. The van der Waals surface area contributed by atoms with E-state index in [1.54, 1.807) is 6.20 Å². The van der Waals surface area contributed by atoms with E-state index < -0.39 is 5.54 Å². The minimum absolute atomic E-state index is 0. The molecule has 6 nitrogen and oxygen atoms in total. The van der Waals surface area contributed by atoms with Crippen molar-refractivity contribution in [2.45, 2.75) is 18.4 Å². The fourth-order valence-corrected chi connectivity index (χ4v) is 2.24. The van der Waals surface area contributed by atoms with Gasteiger partial charge in [-0.25, -0.2) is 0 Å². The summed E-state index contributed by atoms with van der Waals surface area (Å²) in [7, 11) is 0. The van der Waals surface area contributed by atoms with Crippen molar-refractivity contribution in [2.75, 3.05) is 18.5 Å². The summed E-state index contributed by atoms with van der Waals surface area (Å²) >= 11 is 0. The molecule has 1 saturated heterocycles. The van der Waals surface area contributed by atoms with Crippen LogP contribution in [0.1, 0.15) is 12.8 Å². The molecule has 108 valence electrons. The molecule has 1 aromatic carbocycles. The molecular formula is C13H17ClN4O2. The Kier molecular flexibility index (Phi) is 4.27. The lowest BCUT2D eigenvalue weighted by molar-refractivity contribution is -0.124. The van der Waals surface area contributed by atoms with Gasteiger partial charge < -0.3 is 15.8 Å². The Hall–Kier alpha value is -1.63. The molecule has 1 aromatic heterocycles. The van der Waals surface area contributed by atoms with Crippen molar-refractivity contribution < 1.29 is 9.53 Å². The van der Waals surface area contributed by atoms with Gasteiger partial charge in [-0.05, 0) is 31.0 Å². The molecule has 0 spiro atoms. The van der Waals surface area contributed by atoms with Crippen LogP contribution >= 0.6 is 12.4 Å². The minimum atomic E-state index is -0.830. The average molecular weight is 297 g/mol. The number of fused-ring (bicyclic) bond motifs is 1. The number of anilines is 1. The molecule has 2 aromatic rings. The van der Waals surface area contributed by atoms with Crippen LogP contribution in [0.3, 0.4) is 0 Å². The van der Waals surface area contributed by atoms with Crippen molar-refractivity contribution in [3.8, 4) is 0 Å². The molecule has 0 radical (unpaired) electrons. The number of hydrogen-bond acceptors (Lipinski definition) is 4. The number of hydrogen-bond donors (Lipinski definition) is 3. The second-order valence-electron chi connectivity index (χ2n) is 4.89. The maximum absolute atomic E-state index is 12.2. The molecule has 2 heterocycles. The SMILES string of the molecule is Cl.NC1(C(=O)Nc2ccc3[nH]ncc3c2)CCOCC1. The molecule has 0 saturated carbocycles. The lowest BCUT2D eigenvalue weighted by atomic mass is 9.90. The quantitative estimate of drug-likeness (QED) is 0.781. The standard InChI is InChI=1S/C13H16N4O2.ClH/c14-13(3-5-19-6-4-13)12(18)16-10-1-2-11-9(7-10)8-15-17-11;/h1-2,7-8H,3-6,14H2,(H,15,17)(H,16,18);1H. The van der Waals surface area contributed by atoms with Gasteiger partial charge in [0.2, 0.25) is 5.91 Å². The summed E-state index contributed by atoms with van der Waals surface area (Å²) in [6, 6.07) is 5.59. The summed E-state index contributed by atoms with van der Waals surface area (Å²) in [4.78, 5) is 12.2. The molecule has 3 rings (SSSR count). The van der Waals surface area contributed by atoms with Gasteiger partial charge in [-0.15, -0.1) is 12.4 Å². The first kappa shape index (κ1) is 14.8. The molecule has 4 N–H and O–H groups in total. The molecular weight excluding hydrogens is 280 g/mol. The van der Waals surface area contributed by atoms with E-state index in [2.05, 4.69) is 15.5 Å². The van der Waals surface area contributed by atoms with Gasteiger partial charge in [0, 0.05) is 24.3 Å². The second kappa shape index (κ2) is 5.78. The number of H-pyrrole nitrogens is 1. The number of carbonyl (C=O) groups excluding carboxylic acids is 1. The molecule has 0 bridgehead atoms. The summed E-state index contributed by atoms with van der Waals surface area (Å²) in [5.74, 6) is -0.154. The third kappa shape index (κ3) is 2.77. The molecule has 0 aliphatic carbocycles. The molecule has 20 heavy (non-hydrogen) atoms. The number of aromatic nitrogens is 2. The van der Waals surface area contributed by atoms with Crippen molar-refractivity contribution in [3.63, 3.8) is 0 Å². The van der Waals surface area contributed by atoms with Crippen LogP contribution in [-0.2, 0) is 9.53 Å². The van der Waals surface area contributed by atoms with Crippen LogP contribution < -0.4 is 11.1 Å². The Morgan fingerprint density at radius 2 is 2.15 bits per heavy atom. The van der Waals surface area contributed by atoms with Crippen molar-refractivity contribution in [1.29, 1.82) is 0 Å². The first-order chi connectivity index (χ1) is 9.17. The molecule has 1 fully saturated rings. The average Bonchev–Trinajstić information content (AvgIpc) is 2.87. The number of carbonyl (C=O) groups is 1. The number of aromatic amines is 1. The van der Waals surface area contributed by atoms with E-state index in [0.29, 0.717) is 26.1 Å². The summed E-state index contributed by atoms with van der Waals surface area (Å²) in [5.41, 5.74) is 6.97. The third-order valence-corrected chi connectivity index (χ3v) is 3.54. The predicted molar refractivity (Wildman–Crippen MR) is 78.9 cm³/mol. The van der Waals surface area contributed by atoms with Crippen LogP contribution in [0.5, 0.6) is 0 Å². The first-order valence-corrected chi connectivity index (χ1v) is 6.29. The maximum Gasteiger partial charge on any atom is 0.244 e. The number of amides is 1. The Balaban J connectivity index is 0.00000147. The molecule has 7 heteroatoms. The van der Waals surface area contributed by atoms with Crippen LogP contribution in [0.15, 0.2) is 24.4 Å². The van der Waals surface area contributed by atoms with Crippen LogP contribution in [0.25, 0.3) is 10.9 Å². The topological polar surface area (TPSA) is 93.0 Å². The number of benzene rings is 1. The molecule has 1 amide bonds. The zero-order valence-electron chi connectivity index (χ0n) is 10.9. The molecule has 1 aliphatic heterocycles. The van der Waals surface area contributed by atoms with Crippen LogP contribution in [0.4, 0.5) is 5.69 Å². The monoisotopic (exact) mass is 296 g/mol. The first-order valence-electron chi connectivity index (χ1n) is 6.29. The zero-order chi connectivity index (χ0) is 13.3. The number of nitrogens with zero attached hydrogens (tertiary/aromatic N) is 1. The number of rotatable bonds is 2. The van der Waals surface area contributed by atoms with Gasteiger partial charge >= 0.3 is 0 Å². The van der Waals surface area contributed by atoms with Crippen LogP contribution in [-0.4, -0.2) is 34.9 Å². The summed E-state index contributed by atoms with van der Waals surface area (Å²) in [5, 5.41) is 10.6. The highest BCUT2D eigenvalue weighted by Gasteiger charge is 2.35. The van der Waals surface area contributed by atoms with E-state index in [1.807, 2.05) is 18.2 Å². The summed E-state index contributed by atoms with van der Waals surface area (Å²) < 4.78 is 5.24. The van der Waals surface area contributed by atoms with E-state index in [1.165, 1.54) is 0 Å². The Labute approximate surface area is 122 Å². The van der Waals surface area contributed by atoms with Gasteiger partial charge in [-0.2, -0.15) is 5.10 Å². The number of nitrogens with two attached hydrogens (primary N) is 1. The lowest BCUT2D eigenvalue weighted by Crippen LogP contribution is -2.54. The van der Waals surface area contributed by atoms with Gasteiger partial charge in [-0.1, -0.05) is 0 Å². The van der Waals surface area contributed by atoms with E-state index in [0.717, 1.165) is 16.6 Å². The molecule has 0 unspecified atom stereocenters. The number of nitrogens with one attached hydrogen (secondary N) is 2. The lowest BCUT2D eigenvalue weighted by Gasteiger charge is -2.31. The molecule has 1 aliphatic rings. The van der Waals surface area contributed by atoms with Crippen molar-refractivity contribution >= 4 is 34.9 Å². The van der Waals surface area contributed by atoms with E-state index in [9.17, 15) is 4.79 Å². The predicted octanol–water partition coefficient (Wildman–Crippen LogP) is 1.43. The van der Waals surface area contributed by atoms with Crippen LogP contribution in [0, 0.1) is 0 Å². The van der Waals surface area contributed by atoms with E-state index >= 15 is 0 Å². The normalized spacial score (nSPS) is 17.4. The maximum atomic E-state index is 12.2. The van der Waals surface area contributed by atoms with Gasteiger partial charge in [0.15, 0.2) is 0 Å². The number of halogens is 1. The zero-order valence-corrected chi connectivity index (χ0v) is 11.7. The Bertz CT molecular complexity index is 607. The Morgan fingerprint density at radius 1 is 1.40 bits per heavy atom.